The molecule has 0 spiro atoms. The van der Waals surface area contributed by atoms with Crippen LogP contribution in [0.3, 0.4) is 0 Å². The van der Waals surface area contributed by atoms with E-state index in [0.717, 1.165) is 24.4 Å². The van der Waals surface area contributed by atoms with E-state index in [9.17, 15) is 0 Å². The summed E-state index contributed by atoms with van der Waals surface area (Å²) in [5.74, 6) is 0. The van der Waals surface area contributed by atoms with Gasteiger partial charge in [0.2, 0.25) is 0 Å². The maximum absolute atomic E-state index is 4.52. The van der Waals surface area contributed by atoms with Crippen molar-refractivity contribution in [1.82, 2.24) is 20.1 Å². The second kappa shape index (κ2) is 6.11. The summed E-state index contributed by atoms with van der Waals surface area (Å²) in [5.41, 5.74) is 2.46. The van der Waals surface area contributed by atoms with Crippen LogP contribution in [0.15, 0.2) is 17.8 Å². The largest absolute Gasteiger partial charge is 0.316 e. The fourth-order valence-corrected chi connectivity index (χ4v) is 2.63. The van der Waals surface area contributed by atoms with E-state index in [2.05, 4.69) is 33.9 Å². The number of rotatable bonds is 6. The van der Waals surface area contributed by atoms with Gasteiger partial charge in [-0.15, -0.1) is 11.3 Å². The van der Waals surface area contributed by atoms with Gasteiger partial charge in [0.05, 0.1) is 16.9 Å². The molecule has 0 fully saturated rings. The van der Waals surface area contributed by atoms with Crippen LogP contribution in [0.2, 0.25) is 0 Å². The minimum atomic E-state index is 0.418. The van der Waals surface area contributed by atoms with Gasteiger partial charge in [0.1, 0.15) is 0 Å². The van der Waals surface area contributed by atoms with E-state index < -0.39 is 0 Å². The van der Waals surface area contributed by atoms with E-state index in [1.54, 1.807) is 11.3 Å². The van der Waals surface area contributed by atoms with Gasteiger partial charge in [-0.2, -0.15) is 5.10 Å². The number of aromatic nitrogens is 3. The fourth-order valence-electron chi connectivity index (χ4n) is 2.00. The molecule has 0 radical (unpaired) electrons. The average molecular weight is 264 g/mol. The van der Waals surface area contributed by atoms with Crippen LogP contribution in [-0.2, 0) is 19.4 Å². The van der Waals surface area contributed by atoms with E-state index in [-0.39, 0.29) is 0 Å². The minimum absolute atomic E-state index is 0.418. The molecule has 0 aliphatic heterocycles. The lowest BCUT2D eigenvalue weighted by Gasteiger charge is -2.13. The Balaban J connectivity index is 1.96. The molecule has 5 heteroatoms. The lowest BCUT2D eigenvalue weighted by molar-refractivity contribution is 0.550. The molecule has 1 N–H and O–H groups in total. The van der Waals surface area contributed by atoms with Gasteiger partial charge >= 0.3 is 0 Å². The highest BCUT2D eigenvalue weighted by Gasteiger charge is 2.11. The molecule has 0 bridgehead atoms. The highest BCUT2D eigenvalue weighted by atomic mass is 32.1. The molecule has 1 atom stereocenters. The third kappa shape index (κ3) is 3.40. The molecular weight excluding hydrogens is 244 g/mol. The molecule has 0 saturated heterocycles. The van der Waals surface area contributed by atoms with Crippen molar-refractivity contribution < 1.29 is 0 Å². The molecule has 2 heterocycles. The normalized spacial score (nSPS) is 12.8. The van der Waals surface area contributed by atoms with E-state index >= 15 is 0 Å². The van der Waals surface area contributed by atoms with Gasteiger partial charge in [0.25, 0.3) is 0 Å². The zero-order valence-electron chi connectivity index (χ0n) is 11.2. The van der Waals surface area contributed by atoms with Crippen molar-refractivity contribution >= 4 is 11.3 Å². The Labute approximate surface area is 112 Å². The summed E-state index contributed by atoms with van der Waals surface area (Å²) in [4.78, 5) is 4.52. The predicted molar refractivity (Wildman–Crippen MR) is 75.0 cm³/mol. The summed E-state index contributed by atoms with van der Waals surface area (Å²) in [6.07, 6.45) is 6.04. The number of likely N-dealkylation sites (N-methyl/N-ethyl adjacent to an activating group) is 1. The lowest BCUT2D eigenvalue weighted by Crippen LogP contribution is -2.29. The number of nitrogens with zero attached hydrogens (tertiary/aromatic N) is 3. The Morgan fingerprint density at radius 2 is 2.28 bits per heavy atom. The number of thiazole rings is 1. The molecule has 0 aliphatic carbocycles. The Morgan fingerprint density at radius 1 is 1.44 bits per heavy atom. The van der Waals surface area contributed by atoms with Crippen molar-refractivity contribution in [2.75, 3.05) is 7.05 Å². The number of hydrogen-bond acceptors (Lipinski definition) is 4. The Kier molecular flexibility index (Phi) is 4.49. The predicted octanol–water partition coefficient (Wildman–Crippen LogP) is 2.04. The van der Waals surface area contributed by atoms with Crippen LogP contribution in [0.4, 0.5) is 0 Å². The van der Waals surface area contributed by atoms with Crippen LogP contribution in [0.1, 0.15) is 23.2 Å². The van der Waals surface area contributed by atoms with Crippen molar-refractivity contribution in [3.05, 3.63) is 34.0 Å². The van der Waals surface area contributed by atoms with Gasteiger partial charge in [-0.05, 0) is 32.9 Å². The van der Waals surface area contributed by atoms with Gasteiger partial charge in [-0.1, -0.05) is 0 Å². The van der Waals surface area contributed by atoms with E-state index in [0.29, 0.717) is 6.04 Å². The molecule has 1 unspecified atom stereocenters. The Bertz CT molecular complexity index is 489. The van der Waals surface area contributed by atoms with Gasteiger partial charge in [-0.3, -0.25) is 4.68 Å². The van der Waals surface area contributed by atoms with Crippen LogP contribution in [0.25, 0.3) is 0 Å². The highest BCUT2D eigenvalue weighted by molar-refractivity contribution is 7.09. The fraction of sp³-hybridized carbons (Fsp3) is 0.538. The maximum atomic E-state index is 4.52. The van der Waals surface area contributed by atoms with E-state index in [1.165, 1.54) is 11.3 Å². The monoisotopic (exact) mass is 264 g/mol. The first-order valence-corrected chi connectivity index (χ1v) is 7.18. The molecule has 0 aromatic carbocycles. The number of aryl methyl sites for hydroxylation is 2. The van der Waals surface area contributed by atoms with Crippen molar-refractivity contribution in [1.29, 1.82) is 0 Å². The van der Waals surface area contributed by atoms with Crippen LogP contribution in [0, 0.1) is 6.92 Å². The van der Waals surface area contributed by atoms with Crippen molar-refractivity contribution in [3.8, 4) is 0 Å². The molecule has 2 aromatic rings. The standard InChI is InChI=1S/C13H20N4S/c1-4-17-8-11(7-15-17)5-12(14-3)6-13-9-18-10(2)16-13/h7-9,12,14H,4-6H2,1-3H3. The zero-order valence-corrected chi connectivity index (χ0v) is 12.0. The third-order valence-electron chi connectivity index (χ3n) is 3.02. The van der Waals surface area contributed by atoms with Gasteiger partial charge in [-0.25, -0.2) is 4.98 Å². The summed E-state index contributed by atoms with van der Waals surface area (Å²) in [6, 6.07) is 0.418. The molecule has 2 rings (SSSR count). The molecular formula is C13H20N4S. The van der Waals surface area contributed by atoms with E-state index in [4.69, 9.17) is 0 Å². The second-order valence-electron chi connectivity index (χ2n) is 4.46. The Hall–Kier alpha value is -1.20. The highest BCUT2D eigenvalue weighted by Crippen LogP contribution is 2.12. The summed E-state index contributed by atoms with van der Waals surface area (Å²) in [7, 11) is 2.01. The number of nitrogens with one attached hydrogen (secondary N) is 1. The average Bonchev–Trinajstić information content (AvgIpc) is 2.97. The molecule has 18 heavy (non-hydrogen) atoms. The SMILES string of the molecule is CCn1cc(CC(Cc2csc(C)n2)NC)cn1. The van der Waals surface area contributed by atoms with Crippen LogP contribution < -0.4 is 5.32 Å². The quantitative estimate of drug-likeness (QED) is 0.868. The second-order valence-corrected chi connectivity index (χ2v) is 5.52. The summed E-state index contributed by atoms with van der Waals surface area (Å²) < 4.78 is 1.97. The van der Waals surface area contributed by atoms with Crippen molar-refractivity contribution in [2.45, 2.75) is 39.3 Å². The first kappa shape index (κ1) is 13.2. The summed E-state index contributed by atoms with van der Waals surface area (Å²) in [6.45, 7) is 5.08. The molecule has 2 aromatic heterocycles. The zero-order chi connectivity index (χ0) is 13.0. The minimum Gasteiger partial charge on any atom is -0.316 e. The molecule has 98 valence electrons. The first-order valence-electron chi connectivity index (χ1n) is 6.31. The van der Waals surface area contributed by atoms with Crippen LogP contribution >= 0.6 is 11.3 Å². The smallest absolute Gasteiger partial charge is 0.0897 e. The lowest BCUT2D eigenvalue weighted by atomic mass is 10.1. The summed E-state index contributed by atoms with van der Waals surface area (Å²) >= 11 is 1.72. The maximum Gasteiger partial charge on any atom is 0.0897 e. The van der Waals surface area contributed by atoms with Gasteiger partial charge in [0.15, 0.2) is 0 Å². The molecule has 0 aliphatic rings. The van der Waals surface area contributed by atoms with Crippen LogP contribution in [-0.4, -0.2) is 27.9 Å². The Morgan fingerprint density at radius 3 is 2.83 bits per heavy atom. The first-order chi connectivity index (χ1) is 8.71. The van der Waals surface area contributed by atoms with Gasteiger partial charge in [0, 0.05) is 30.6 Å². The topological polar surface area (TPSA) is 42.7 Å². The van der Waals surface area contributed by atoms with E-state index in [1.807, 2.05) is 24.9 Å². The number of hydrogen-bond donors (Lipinski definition) is 1. The van der Waals surface area contributed by atoms with Crippen molar-refractivity contribution in [3.63, 3.8) is 0 Å². The summed E-state index contributed by atoms with van der Waals surface area (Å²) in [5, 5.41) is 11.0. The molecule has 0 saturated carbocycles. The third-order valence-corrected chi connectivity index (χ3v) is 3.85. The molecule has 0 amide bonds. The van der Waals surface area contributed by atoms with Crippen molar-refractivity contribution in [2.24, 2.45) is 0 Å². The van der Waals surface area contributed by atoms with Crippen LogP contribution in [0.5, 0.6) is 0 Å². The van der Waals surface area contributed by atoms with Gasteiger partial charge < -0.3 is 5.32 Å². The molecule has 4 nitrogen and oxygen atoms in total.